The van der Waals surface area contributed by atoms with E-state index < -0.39 is 24.4 Å². The Morgan fingerprint density at radius 1 is 1.21 bits per heavy atom. The fourth-order valence-electron chi connectivity index (χ4n) is 4.11. The second kappa shape index (κ2) is 6.75. The molecule has 2 aliphatic rings. The number of alkyl halides is 3. The summed E-state index contributed by atoms with van der Waals surface area (Å²) < 4.78 is 38.8. The Kier molecular flexibility index (Phi) is 4.85. The minimum atomic E-state index is -4.37. The van der Waals surface area contributed by atoms with Crippen LogP contribution in [0.4, 0.5) is 13.2 Å². The number of hydrogen-bond donors (Lipinski definition) is 1. The second-order valence-corrected chi connectivity index (χ2v) is 7.01. The molecule has 1 N–H and O–H groups in total. The number of amides is 1. The summed E-state index contributed by atoms with van der Waals surface area (Å²) in [6.45, 7) is 0. The van der Waals surface area contributed by atoms with Crippen molar-refractivity contribution in [3.05, 3.63) is 35.9 Å². The van der Waals surface area contributed by atoms with Crippen LogP contribution in [0.3, 0.4) is 0 Å². The lowest BCUT2D eigenvalue weighted by atomic mass is 9.92. The molecule has 0 spiro atoms. The summed E-state index contributed by atoms with van der Waals surface area (Å²) in [5.74, 6) is -1.68. The van der Waals surface area contributed by atoms with E-state index in [2.05, 4.69) is 17.3 Å². The Morgan fingerprint density at radius 2 is 1.79 bits per heavy atom. The third-order valence-electron chi connectivity index (χ3n) is 5.40. The smallest absolute Gasteiger partial charge is 0.353 e. The van der Waals surface area contributed by atoms with Crippen molar-refractivity contribution in [2.75, 3.05) is 7.05 Å². The Labute approximate surface area is 140 Å². The van der Waals surface area contributed by atoms with E-state index in [1.807, 2.05) is 0 Å². The maximum absolute atomic E-state index is 12.9. The maximum atomic E-state index is 12.9. The molecular formula is C18H23F3N2O. The highest BCUT2D eigenvalue weighted by molar-refractivity contribution is 5.84. The number of piperidine rings is 1. The molecule has 2 saturated heterocycles. The van der Waals surface area contributed by atoms with Gasteiger partial charge in [-0.25, -0.2) is 0 Å². The lowest BCUT2D eigenvalue weighted by Crippen LogP contribution is -2.49. The average molecular weight is 340 g/mol. The number of hydrogen-bond acceptors (Lipinski definition) is 2. The highest BCUT2D eigenvalue weighted by atomic mass is 19.4. The predicted octanol–water partition coefficient (Wildman–Crippen LogP) is 3.46. The molecule has 0 saturated carbocycles. The van der Waals surface area contributed by atoms with Gasteiger partial charge in [-0.05, 0) is 38.3 Å². The molecule has 0 aromatic heterocycles. The lowest BCUT2D eigenvalue weighted by molar-refractivity contribution is -0.148. The van der Waals surface area contributed by atoms with E-state index in [0.29, 0.717) is 17.6 Å². The number of carbonyl (C=O) groups is 1. The van der Waals surface area contributed by atoms with Gasteiger partial charge in [0.1, 0.15) is 0 Å². The zero-order chi connectivity index (χ0) is 17.3. The molecule has 0 aliphatic carbocycles. The SMILES string of the molecule is CN1C2CCC1CC(NC(=O)C(CC(F)(F)F)c1ccccc1)C2. The molecule has 3 rings (SSSR count). The van der Waals surface area contributed by atoms with Gasteiger partial charge in [-0.3, -0.25) is 4.79 Å². The van der Waals surface area contributed by atoms with E-state index in [-0.39, 0.29) is 6.04 Å². The van der Waals surface area contributed by atoms with Gasteiger partial charge in [0, 0.05) is 18.1 Å². The summed E-state index contributed by atoms with van der Waals surface area (Å²) in [5, 5.41) is 2.90. The van der Waals surface area contributed by atoms with Crippen molar-refractivity contribution in [3.63, 3.8) is 0 Å². The fourth-order valence-corrected chi connectivity index (χ4v) is 4.11. The number of fused-ring (bicyclic) bond motifs is 2. The van der Waals surface area contributed by atoms with Gasteiger partial charge in [-0.2, -0.15) is 13.2 Å². The van der Waals surface area contributed by atoms with Crippen LogP contribution in [0.2, 0.25) is 0 Å². The Balaban J connectivity index is 1.70. The molecule has 1 aromatic rings. The molecule has 2 bridgehead atoms. The Bertz CT molecular complexity index is 561. The van der Waals surface area contributed by atoms with Gasteiger partial charge in [0.2, 0.25) is 5.91 Å². The maximum Gasteiger partial charge on any atom is 0.390 e. The predicted molar refractivity (Wildman–Crippen MR) is 85.6 cm³/mol. The van der Waals surface area contributed by atoms with Gasteiger partial charge in [0.15, 0.2) is 0 Å². The third kappa shape index (κ3) is 3.91. The van der Waals surface area contributed by atoms with E-state index in [1.165, 1.54) is 0 Å². The van der Waals surface area contributed by atoms with Crippen LogP contribution >= 0.6 is 0 Å². The minimum absolute atomic E-state index is 0.0226. The summed E-state index contributed by atoms with van der Waals surface area (Å²) in [6.07, 6.45) is -1.62. The zero-order valence-corrected chi connectivity index (χ0v) is 13.7. The molecule has 6 heteroatoms. The summed E-state index contributed by atoms with van der Waals surface area (Å²) in [7, 11) is 2.09. The van der Waals surface area contributed by atoms with Crippen LogP contribution in [0, 0.1) is 0 Å². The van der Waals surface area contributed by atoms with Crippen LogP contribution < -0.4 is 5.32 Å². The number of nitrogens with one attached hydrogen (secondary N) is 1. The van der Waals surface area contributed by atoms with E-state index in [4.69, 9.17) is 0 Å². The van der Waals surface area contributed by atoms with Crippen LogP contribution in [0.25, 0.3) is 0 Å². The van der Waals surface area contributed by atoms with Crippen molar-refractivity contribution in [1.29, 1.82) is 0 Å². The van der Waals surface area contributed by atoms with Gasteiger partial charge in [0.05, 0.1) is 12.3 Å². The molecule has 24 heavy (non-hydrogen) atoms. The lowest BCUT2D eigenvalue weighted by Gasteiger charge is -2.37. The summed E-state index contributed by atoms with van der Waals surface area (Å²) in [6, 6.07) is 9.11. The molecular weight excluding hydrogens is 317 g/mol. The van der Waals surface area contributed by atoms with Crippen molar-refractivity contribution >= 4 is 5.91 Å². The Morgan fingerprint density at radius 3 is 2.33 bits per heavy atom. The van der Waals surface area contributed by atoms with Gasteiger partial charge in [-0.15, -0.1) is 0 Å². The first-order valence-electron chi connectivity index (χ1n) is 8.47. The van der Waals surface area contributed by atoms with E-state index in [9.17, 15) is 18.0 Å². The Hall–Kier alpha value is -1.56. The summed E-state index contributed by atoms with van der Waals surface area (Å²) in [5.41, 5.74) is 0.420. The fraction of sp³-hybridized carbons (Fsp3) is 0.611. The number of benzene rings is 1. The normalized spacial score (nSPS) is 28.6. The van der Waals surface area contributed by atoms with Gasteiger partial charge in [-0.1, -0.05) is 30.3 Å². The quantitative estimate of drug-likeness (QED) is 0.910. The highest BCUT2D eigenvalue weighted by Gasteiger charge is 2.41. The molecule has 132 valence electrons. The van der Waals surface area contributed by atoms with Crippen LogP contribution in [0.5, 0.6) is 0 Å². The van der Waals surface area contributed by atoms with Gasteiger partial charge >= 0.3 is 6.18 Å². The van der Waals surface area contributed by atoms with E-state index >= 15 is 0 Å². The van der Waals surface area contributed by atoms with E-state index in [1.54, 1.807) is 30.3 Å². The zero-order valence-electron chi connectivity index (χ0n) is 13.7. The van der Waals surface area contributed by atoms with E-state index in [0.717, 1.165) is 25.7 Å². The minimum Gasteiger partial charge on any atom is -0.353 e. The van der Waals surface area contributed by atoms with Crippen LogP contribution in [-0.2, 0) is 4.79 Å². The summed E-state index contributed by atoms with van der Waals surface area (Å²) in [4.78, 5) is 14.9. The molecule has 3 unspecified atom stereocenters. The monoisotopic (exact) mass is 340 g/mol. The number of carbonyl (C=O) groups excluding carboxylic acids is 1. The molecule has 1 aromatic carbocycles. The van der Waals surface area contributed by atoms with Crippen LogP contribution in [0.15, 0.2) is 30.3 Å². The van der Waals surface area contributed by atoms with Crippen molar-refractivity contribution in [3.8, 4) is 0 Å². The number of nitrogens with zero attached hydrogens (tertiary/aromatic N) is 1. The molecule has 3 atom stereocenters. The molecule has 2 fully saturated rings. The van der Waals surface area contributed by atoms with Crippen molar-refractivity contribution in [2.45, 2.75) is 62.3 Å². The molecule has 0 radical (unpaired) electrons. The van der Waals surface area contributed by atoms with Crippen molar-refractivity contribution in [1.82, 2.24) is 10.2 Å². The average Bonchev–Trinajstić information content (AvgIpc) is 2.74. The first-order valence-corrected chi connectivity index (χ1v) is 8.47. The molecule has 3 nitrogen and oxygen atoms in total. The van der Waals surface area contributed by atoms with Crippen molar-refractivity contribution in [2.24, 2.45) is 0 Å². The molecule has 2 aliphatic heterocycles. The highest BCUT2D eigenvalue weighted by Crippen LogP contribution is 2.35. The molecule has 2 heterocycles. The first kappa shape index (κ1) is 17.3. The largest absolute Gasteiger partial charge is 0.390 e. The standard InChI is InChI=1S/C18H23F3N2O/c1-23-14-7-8-15(23)10-13(9-14)22-17(24)16(11-18(19,20)21)12-5-3-2-4-6-12/h2-6,13-16H,7-11H2,1H3,(H,22,24). The van der Waals surface area contributed by atoms with Gasteiger partial charge in [0.25, 0.3) is 0 Å². The van der Waals surface area contributed by atoms with Crippen LogP contribution in [0.1, 0.15) is 43.6 Å². The molecule has 1 amide bonds. The van der Waals surface area contributed by atoms with Crippen molar-refractivity contribution < 1.29 is 18.0 Å². The number of halogens is 3. The third-order valence-corrected chi connectivity index (χ3v) is 5.40. The summed E-state index contributed by atoms with van der Waals surface area (Å²) >= 11 is 0. The first-order chi connectivity index (χ1) is 11.3. The number of rotatable bonds is 4. The second-order valence-electron chi connectivity index (χ2n) is 7.01. The van der Waals surface area contributed by atoms with Crippen LogP contribution in [-0.4, -0.2) is 42.2 Å². The van der Waals surface area contributed by atoms with Gasteiger partial charge < -0.3 is 10.2 Å². The topological polar surface area (TPSA) is 32.3 Å².